The largest absolute Gasteiger partial charge is 0.501 e. The number of thioether (sulfide) groups is 1. The van der Waals surface area contributed by atoms with Crippen LogP contribution < -0.4 is 20.7 Å². The van der Waals surface area contributed by atoms with Gasteiger partial charge in [-0.3, -0.25) is 14.5 Å². The lowest BCUT2D eigenvalue weighted by molar-refractivity contribution is -0.118. The number of amides is 2. The Balaban J connectivity index is 1.24. The van der Waals surface area contributed by atoms with Gasteiger partial charge in [0.25, 0.3) is 25.8 Å². The smallest absolute Gasteiger partial charge is 0.380 e. The maximum atomic E-state index is 14.2. The third-order valence-corrected chi connectivity index (χ3v) is 16.9. The second-order valence-corrected chi connectivity index (χ2v) is 23.9. The van der Waals surface area contributed by atoms with Crippen molar-refractivity contribution in [2.45, 2.75) is 117 Å². The molecule has 3 aromatic rings. The molecule has 21 heteroatoms. The molecule has 3 aromatic carbocycles. The molecule has 1 saturated heterocycles. The van der Waals surface area contributed by atoms with Crippen LogP contribution in [0.4, 0.5) is 37.7 Å². The predicted molar refractivity (Wildman–Crippen MR) is 267 cm³/mol. The lowest BCUT2D eigenvalue weighted by Crippen LogP contribution is -2.47. The molecule has 1 aliphatic heterocycles. The van der Waals surface area contributed by atoms with E-state index < -0.39 is 64.5 Å². The molecule has 12 nitrogen and oxygen atoms in total. The van der Waals surface area contributed by atoms with Gasteiger partial charge in [-0.05, 0) is 132 Å². The number of unbranched alkanes of at least 4 members (excludes halogenated alkanes) is 3. The Labute approximate surface area is 418 Å². The van der Waals surface area contributed by atoms with Crippen LogP contribution in [0.15, 0.2) is 111 Å². The molecular weight excluding hydrogens is 991 g/mol. The Kier molecular flexibility index (Phi) is 20.1. The van der Waals surface area contributed by atoms with E-state index in [1.807, 2.05) is 47.0 Å². The first-order chi connectivity index (χ1) is 33.2. The third kappa shape index (κ3) is 17.3. The zero-order valence-electron chi connectivity index (χ0n) is 40.5. The first-order valence-corrected chi connectivity index (χ1v) is 27.7. The predicted octanol–water partition coefficient (Wildman–Crippen LogP) is 9.96. The molecule has 0 aromatic heterocycles. The van der Waals surface area contributed by atoms with E-state index in [0.717, 1.165) is 66.8 Å². The van der Waals surface area contributed by atoms with Gasteiger partial charge in [0.1, 0.15) is 4.90 Å². The van der Waals surface area contributed by atoms with Crippen LogP contribution in [0, 0.1) is 5.41 Å². The highest BCUT2D eigenvalue weighted by Gasteiger charge is 2.48. The monoisotopic (exact) mass is 1060 g/mol. The van der Waals surface area contributed by atoms with Crippen LogP contribution in [0.25, 0.3) is 0 Å². The van der Waals surface area contributed by atoms with Crippen molar-refractivity contribution in [2.24, 2.45) is 11.1 Å². The lowest BCUT2D eigenvalue weighted by atomic mass is 9.73. The topological polar surface area (TPSA) is 162 Å². The molecule has 1 atom stereocenters. The van der Waals surface area contributed by atoms with Crippen molar-refractivity contribution in [3.05, 3.63) is 102 Å². The molecule has 71 heavy (non-hydrogen) atoms. The first-order valence-electron chi connectivity index (χ1n) is 23.7. The Morgan fingerprint density at radius 2 is 1.52 bits per heavy atom. The van der Waals surface area contributed by atoms with E-state index in [-0.39, 0.29) is 23.3 Å². The number of rotatable bonds is 25. The number of allylic oxidation sites excluding steroid dienone is 2. The number of halogens is 6. The SMILES string of the molecule is C=C(CCC1=C(CN2CCN(c3ccc(C(=O)NS(=O)(=O)c4ccc(N[C@H](CCN(C)CCCCCCC(N)=O)CSc5ccccc5)c(S(=O)(=O)C(F)(F)F)c4)cc3)CC2)CCC(C)(C)C1)C(F)(F)F. The summed E-state index contributed by atoms with van der Waals surface area (Å²) in [6.45, 7) is 11.9. The van der Waals surface area contributed by atoms with E-state index in [1.165, 1.54) is 29.5 Å². The zero-order chi connectivity index (χ0) is 52.2. The minimum absolute atomic E-state index is 0.000168. The summed E-state index contributed by atoms with van der Waals surface area (Å²) in [6.07, 6.45) is 2.18. The van der Waals surface area contributed by atoms with Gasteiger partial charge in [0, 0.05) is 72.7 Å². The van der Waals surface area contributed by atoms with Crippen LogP contribution in [-0.4, -0.2) is 115 Å². The Hall–Kier alpha value is -4.57. The highest BCUT2D eigenvalue weighted by atomic mass is 32.2. The number of sulfone groups is 1. The number of sulfonamides is 1. The fraction of sp³-hybridized carbons (Fsp3) is 0.520. The molecule has 0 bridgehead atoms. The van der Waals surface area contributed by atoms with Gasteiger partial charge in [0.15, 0.2) is 0 Å². The molecule has 2 amide bonds. The summed E-state index contributed by atoms with van der Waals surface area (Å²) in [5.41, 5.74) is 1.17. The van der Waals surface area contributed by atoms with Gasteiger partial charge in [0.05, 0.1) is 10.6 Å². The minimum atomic E-state index is -6.12. The molecule has 1 heterocycles. The minimum Gasteiger partial charge on any atom is -0.380 e. The van der Waals surface area contributed by atoms with Crippen LogP contribution in [-0.2, 0) is 24.7 Å². The first kappa shape index (κ1) is 57.3. The number of benzene rings is 3. The number of piperazine rings is 1. The average Bonchev–Trinajstić information content (AvgIpc) is 3.30. The number of nitrogens with two attached hydrogens (primary N) is 1. The molecule has 4 N–H and O–H groups in total. The molecule has 392 valence electrons. The Morgan fingerprint density at radius 3 is 2.15 bits per heavy atom. The molecule has 1 aliphatic carbocycles. The van der Waals surface area contributed by atoms with Gasteiger partial charge in [-0.1, -0.05) is 62.6 Å². The van der Waals surface area contributed by atoms with Crippen molar-refractivity contribution in [1.82, 2.24) is 14.5 Å². The number of carbonyl (C=O) groups is 2. The molecule has 2 aliphatic rings. The van der Waals surface area contributed by atoms with E-state index in [0.29, 0.717) is 83.3 Å². The molecule has 5 rings (SSSR count). The summed E-state index contributed by atoms with van der Waals surface area (Å²) in [6, 6.07) is 17.1. The van der Waals surface area contributed by atoms with E-state index in [1.54, 1.807) is 12.1 Å². The summed E-state index contributed by atoms with van der Waals surface area (Å²) < 4.78 is 138. The molecular formula is C50H66F6N6O6S3. The summed E-state index contributed by atoms with van der Waals surface area (Å²) in [5.74, 6) is -1.12. The molecule has 1 fully saturated rings. The number of hydrogen-bond donors (Lipinski definition) is 3. The fourth-order valence-electron chi connectivity index (χ4n) is 8.64. The highest BCUT2D eigenvalue weighted by molar-refractivity contribution is 7.99. The molecule has 0 saturated carbocycles. The van der Waals surface area contributed by atoms with Crippen molar-refractivity contribution in [2.75, 3.05) is 68.8 Å². The maximum Gasteiger partial charge on any atom is 0.501 e. The number of anilines is 2. The van der Waals surface area contributed by atoms with Gasteiger partial charge in [0.2, 0.25) is 5.91 Å². The number of primary amides is 1. The van der Waals surface area contributed by atoms with Crippen molar-refractivity contribution >= 4 is 54.8 Å². The van der Waals surface area contributed by atoms with Crippen LogP contribution in [0.2, 0.25) is 0 Å². The van der Waals surface area contributed by atoms with Gasteiger partial charge in [-0.25, -0.2) is 21.6 Å². The van der Waals surface area contributed by atoms with Gasteiger partial charge in [-0.15, -0.1) is 11.8 Å². The molecule has 0 spiro atoms. The summed E-state index contributed by atoms with van der Waals surface area (Å²) in [7, 11) is -9.14. The lowest BCUT2D eigenvalue weighted by Gasteiger charge is -2.39. The van der Waals surface area contributed by atoms with Crippen LogP contribution >= 0.6 is 11.8 Å². The van der Waals surface area contributed by atoms with E-state index in [9.17, 15) is 52.8 Å². The van der Waals surface area contributed by atoms with Crippen LogP contribution in [0.3, 0.4) is 0 Å². The number of hydrogen-bond acceptors (Lipinski definition) is 11. The van der Waals surface area contributed by atoms with Gasteiger partial charge < -0.3 is 20.9 Å². The van der Waals surface area contributed by atoms with Crippen molar-refractivity contribution in [3.8, 4) is 0 Å². The maximum absolute atomic E-state index is 14.2. The van der Waals surface area contributed by atoms with Gasteiger partial charge >= 0.3 is 11.7 Å². The van der Waals surface area contributed by atoms with Crippen molar-refractivity contribution < 1.29 is 52.8 Å². The Morgan fingerprint density at radius 1 is 0.859 bits per heavy atom. The van der Waals surface area contributed by atoms with E-state index >= 15 is 0 Å². The van der Waals surface area contributed by atoms with Gasteiger partial charge in [-0.2, -0.15) is 26.3 Å². The highest BCUT2D eigenvalue weighted by Crippen LogP contribution is 2.42. The summed E-state index contributed by atoms with van der Waals surface area (Å²) in [4.78, 5) is 29.5. The Bertz CT molecular complexity index is 2550. The van der Waals surface area contributed by atoms with Crippen molar-refractivity contribution in [1.29, 1.82) is 0 Å². The number of carbonyl (C=O) groups excluding carboxylic acids is 2. The summed E-state index contributed by atoms with van der Waals surface area (Å²) in [5, 5.41) is 2.97. The fourth-order valence-corrected chi connectivity index (χ4v) is 11.7. The third-order valence-electron chi connectivity index (χ3n) is 12.9. The molecule has 0 unspecified atom stereocenters. The second kappa shape index (κ2) is 24.9. The van der Waals surface area contributed by atoms with Crippen molar-refractivity contribution in [3.63, 3.8) is 0 Å². The van der Waals surface area contributed by atoms with E-state index in [4.69, 9.17) is 5.73 Å². The van der Waals surface area contributed by atoms with E-state index in [2.05, 4.69) is 35.5 Å². The normalized spacial score (nSPS) is 16.5. The number of nitrogens with one attached hydrogen (secondary N) is 2. The molecule has 0 radical (unpaired) electrons. The van der Waals surface area contributed by atoms with Crippen LogP contribution in [0.5, 0.6) is 0 Å². The quantitative estimate of drug-likeness (QED) is 0.0321. The zero-order valence-corrected chi connectivity index (χ0v) is 43.0. The average molecular weight is 1060 g/mol. The standard InChI is InChI=1S/C50H66F6N6O6S3/c1-36(49(51,52)53)15-16-38-33-48(2,3)25-23-39(38)34-61-28-30-62(31-29-61)41-19-17-37(18-20-41)47(64)59-71(67,68)43-21-22-44(45(32-43)70(65,66)50(54,55)56)58-40(35-69-42-12-8-7-9-13-42)24-27-60(4)26-11-6-5-10-14-46(57)63/h7-9,12-13,17-22,32,40,58H,1,5-6,10-11,14-16,23-31,33-35H2,2-4H3,(H2,57,63)(H,59,64)/t40-/m1/s1. The number of nitrogens with zero attached hydrogens (tertiary/aromatic N) is 3. The second-order valence-electron chi connectivity index (χ2n) is 19.2. The van der Waals surface area contributed by atoms with Crippen LogP contribution in [0.1, 0.15) is 94.8 Å². The number of alkyl halides is 6. The summed E-state index contributed by atoms with van der Waals surface area (Å²) >= 11 is 1.41.